The average Bonchev–Trinajstić information content (AvgIpc) is 2.46. The number of hydrogen-bond acceptors (Lipinski definition) is 2. The number of carbonyl (C=O) groups is 2. The lowest BCUT2D eigenvalue weighted by molar-refractivity contribution is -0.119. The van der Waals surface area contributed by atoms with E-state index in [2.05, 4.69) is 37.4 Å². The molecule has 2 rings (SSSR count). The van der Waals surface area contributed by atoms with Crippen LogP contribution in [0.2, 0.25) is 0 Å². The normalized spacial score (nSPS) is 16.9. The minimum atomic E-state index is -0.253. The molecule has 3 amide bonds. The SMILES string of the molecule is Cc1cc(C)cc([C@H](C)NC(=O)N2CCC(CC(N)=O)CC2)c1. The van der Waals surface area contributed by atoms with Crippen LogP contribution in [0.5, 0.6) is 0 Å². The molecule has 1 heterocycles. The zero-order valence-corrected chi connectivity index (χ0v) is 14.3. The van der Waals surface area contributed by atoms with Crippen molar-refractivity contribution in [2.75, 3.05) is 13.1 Å². The van der Waals surface area contributed by atoms with E-state index >= 15 is 0 Å². The zero-order chi connectivity index (χ0) is 17.0. The highest BCUT2D eigenvalue weighted by Crippen LogP contribution is 2.21. The fraction of sp³-hybridized carbons (Fsp3) is 0.556. The van der Waals surface area contributed by atoms with E-state index in [-0.39, 0.29) is 18.0 Å². The summed E-state index contributed by atoms with van der Waals surface area (Å²) in [4.78, 5) is 25.2. The van der Waals surface area contributed by atoms with Crippen molar-refractivity contribution in [2.45, 2.75) is 46.1 Å². The average molecular weight is 317 g/mol. The third-order valence-corrected chi connectivity index (χ3v) is 4.48. The Morgan fingerprint density at radius 3 is 2.30 bits per heavy atom. The third kappa shape index (κ3) is 4.98. The van der Waals surface area contributed by atoms with Gasteiger partial charge in [0.1, 0.15) is 0 Å². The molecule has 126 valence electrons. The minimum Gasteiger partial charge on any atom is -0.370 e. The predicted molar refractivity (Wildman–Crippen MR) is 91.0 cm³/mol. The first-order valence-corrected chi connectivity index (χ1v) is 8.27. The lowest BCUT2D eigenvalue weighted by Crippen LogP contribution is -2.45. The van der Waals surface area contributed by atoms with E-state index in [9.17, 15) is 9.59 Å². The summed E-state index contributed by atoms with van der Waals surface area (Å²) in [6.07, 6.45) is 2.11. The second-order valence-electron chi connectivity index (χ2n) is 6.69. The first kappa shape index (κ1) is 17.3. The van der Waals surface area contributed by atoms with Crippen LogP contribution < -0.4 is 11.1 Å². The lowest BCUT2D eigenvalue weighted by atomic mass is 9.93. The topological polar surface area (TPSA) is 75.4 Å². The monoisotopic (exact) mass is 317 g/mol. The quantitative estimate of drug-likeness (QED) is 0.896. The Balaban J connectivity index is 1.88. The zero-order valence-electron chi connectivity index (χ0n) is 14.3. The molecule has 1 saturated heterocycles. The number of piperidine rings is 1. The summed E-state index contributed by atoms with van der Waals surface area (Å²) in [7, 11) is 0. The largest absolute Gasteiger partial charge is 0.370 e. The van der Waals surface area contributed by atoms with Crippen LogP contribution >= 0.6 is 0 Å². The molecule has 5 nitrogen and oxygen atoms in total. The van der Waals surface area contributed by atoms with E-state index in [1.807, 2.05) is 11.8 Å². The van der Waals surface area contributed by atoms with E-state index in [0.717, 1.165) is 18.4 Å². The standard InChI is InChI=1S/C18H27N3O2/c1-12-8-13(2)10-16(9-12)14(3)20-18(23)21-6-4-15(5-7-21)11-17(19)22/h8-10,14-15H,4-7,11H2,1-3H3,(H2,19,22)(H,20,23)/t14-/m0/s1. The van der Waals surface area contributed by atoms with Crippen molar-refractivity contribution >= 4 is 11.9 Å². The van der Waals surface area contributed by atoms with Crippen LogP contribution in [0.15, 0.2) is 18.2 Å². The fourth-order valence-corrected chi connectivity index (χ4v) is 3.24. The van der Waals surface area contributed by atoms with Crippen molar-refractivity contribution in [3.05, 3.63) is 34.9 Å². The number of aryl methyl sites for hydroxylation is 2. The summed E-state index contributed by atoms with van der Waals surface area (Å²) >= 11 is 0. The number of benzene rings is 1. The Morgan fingerprint density at radius 1 is 1.22 bits per heavy atom. The van der Waals surface area contributed by atoms with Crippen molar-refractivity contribution in [3.63, 3.8) is 0 Å². The molecule has 1 aromatic carbocycles. The number of nitrogens with two attached hydrogens (primary N) is 1. The summed E-state index contributed by atoms with van der Waals surface area (Å²) in [6.45, 7) is 7.50. The van der Waals surface area contributed by atoms with Gasteiger partial charge in [0.05, 0.1) is 6.04 Å². The molecule has 5 heteroatoms. The van der Waals surface area contributed by atoms with E-state index in [4.69, 9.17) is 5.73 Å². The van der Waals surface area contributed by atoms with Crippen LogP contribution in [0.1, 0.15) is 48.9 Å². The number of primary amides is 1. The Labute approximate surface area is 138 Å². The predicted octanol–water partition coefficient (Wildman–Crippen LogP) is 2.66. The Bertz CT molecular complexity index is 557. The van der Waals surface area contributed by atoms with Crippen molar-refractivity contribution in [3.8, 4) is 0 Å². The highest BCUT2D eigenvalue weighted by molar-refractivity contribution is 5.75. The molecule has 1 aromatic rings. The molecule has 1 atom stereocenters. The van der Waals surface area contributed by atoms with Gasteiger partial charge in [-0.1, -0.05) is 29.3 Å². The van der Waals surface area contributed by atoms with E-state index in [1.165, 1.54) is 11.1 Å². The van der Waals surface area contributed by atoms with Crippen molar-refractivity contribution in [1.29, 1.82) is 0 Å². The Hall–Kier alpha value is -2.04. The maximum absolute atomic E-state index is 12.4. The van der Waals surface area contributed by atoms with E-state index < -0.39 is 0 Å². The molecule has 0 bridgehead atoms. The number of nitrogens with one attached hydrogen (secondary N) is 1. The molecule has 0 spiro atoms. The maximum Gasteiger partial charge on any atom is 0.317 e. The number of likely N-dealkylation sites (tertiary alicyclic amines) is 1. The molecule has 3 N–H and O–H groups in total. The molecular formula is C18H27N3O2. The van der Waals surface area contributed by atoms with Crippen molar-refractivity contribution in [1.82, 2.24) is 10.2 Å². The molecule has 23 heavy (non-hydrogen) atoms. The number of amides is 3. The van der Waals surface area contributed by atoms with Crippen LogP contribution in [-0.4, -0.2) is 29.9 Å². The molecule has 1 aliphatic rings. The molecule has 0 radical (unpaired) electrons. The van der Waals surface area contributed by atoms with Crippen LogP contribution in [0.25, 0.3) is 0 Å². The van der Waals surface area contributed by atoms with Gasteiger partial charge in [-0.05, 0) is 45.1 Å². The van der Waals surface area contributed by atoms with Crippen molar-refractivity contribution in [2.24, 2.45) is 11.7 Å². The minimum absolute atomic E-state index is 0.0237. The van der Waals surface area contributed by atoms with Gasteiger partial charge in [0.15, 0.2) is 0 Å². The second kappa shape index (κ2) is 7.49. The van der Waals surface area contributed by atoms with Gasteiger partial charge in [-0.3, -0.25) is 4.79 Å². The summed E-state index contributed by atoms with van der Waals surface area (Å²) in [5.74, 6) is 0.0599. The molecule has 0 aromatic heterocycles. The van der Waals surface area contributed by atoms with Gasteiger partial charge >= 0.3 is 6.03 Å². The van der Waals surface area contributed by atoms with Gasteiger partial charge in [0.2, 0.25) is 5.91 Å². The highest BCUT2D eigenvalue weighted by atomic mass is 16.2. The van der Waals surface area contributed by atoms with Crippen molar-refractivity contribution < 1.29 is 9.59 Å². The van der Waals surface area contributed by atoms with Gasteiger partial charge in [-0.15, -0.1) is 0 Å². The first-order chi connectivity index (χ1) is 10.8. The Morgan fingerprint density at radius 2 is 1.78 bits per heavy atom. The molecule has 0 unspecified atom stereocenters. The summed E-state index contributed by atoms with van der Waals surface area (Å²) in [6, 6.07) is 6.29. The molecular weight excluding hydrogens is 290 g/mol. The van der Waals surface area contributed by atoms with Gasteiger partial charge < -0.3 is 16.0 Å². The highest BCUT2D eigenvalue weighted by Gasteiger charge is 2.24. The van der Waals surface area contributed by atoms with Crippen LogP contribution in [0.4, 0.5) is 4.79 Å². The summed E-state index contributed by atoms with van der Waals surface area (Å²) < 4.78 is 0. The first-order valence-electron chi connectivity index (χ1n) is 8.27. The number of hydrogen-bond donors (Lipinski definition) is 2. The summed E-state index contributed by atoms with van der Waals surface area (Å²) in [5.41, 5.74) is 8.77. The van der Waals surface area contributed by atoms with Crippen LogP contribution in [0.3, 0.4) is 0 Å². The lowest BCUT2D eigenvalue weighted by Gasteiger charge is -2.32. The number of urea groups is 1. The van der Waals surface area contributed by atoms with Gasteiger partial charge in [-0.25, -0.2) is 4.79 Å². The van der Waals surface area contributed by atoms with Crippen LogP contribution in [-0.2, 0) is 4.79 Å². The van der Waals surface area contributed by atoms with E-state index in [0.29, 0.717) is 25.4 Å². The Kier molecular flexibility index (Phi) is 5.64. The van der Waals surface area contributed by atoms with Gasteiger partial charge in [-0.2, -0.15) is 0 Å². The van der Waals surface area contributed by atoms with Crippen LogP contribution in [0, 0.1) is 19.8 Å². The second-order valence-corrected chi connectivity index (χ2v) is 6.69. The fourth-order valence-electron chi connectivity index (χ4n) is 3.24. The third-order valence-electron chi connectivity index (χ3n) is 4.48. The maximum atomic E-state index is 12.4. The van der Waals surface area contributed by atoms with Gasteiger partial charge in [0.25, 0.3) is 0 Å². The molecule has 1 aliphatic heterocycles. The number of rotatable bonds is 4. The number of nitrogens with zero attached hydrogens (tertiary/aromatic N) is 1. The van der Waals surface area contributed by atoms with E-state index in [1.54, 1.807) is 0 Å². The number of carbonyl (C=O) groups excluding carboxylic acids is 2. The smallest absolute Gasteiger partial charge is 0.317 e. The molecule has 0 aliphatic carbocycles. The molecule has 0 saturated carbocycles. The summed E-state index contributed by atoms with van der Waals surface area (Å²) in [5, 5.41) is 3.07. The van der Waals surface area contributed by atoms with Gasteiger partial charge in [0, 0.05) is 19.5 Å². The molecule has 1 fully saturated rings.